The summed E-state index contributed by atoms with van der Waals surface area (Å²) < 4.78 is 11.3. The van der Waals surface area contributed by atoms with Gasteiger partial charge in [-0.3, -0.25) is 4.90 Å². The third kappa shape index (κ3) is 3.15. The lowest BCUT2D eigenvalue weighted by Gasteiger charge is -2.37. The van der Waals surface area contributed by atoms with E-state index in [1.54, 1.807) is 0 Å². The van der Waals surface area contributed by atoms with Crippen molar-refractivity contribution in [2.75, 3.05) is 31.3 Å². The Kier molecular flexibility index (Phi) is 4.24. The molecule has 1 N–H and O–H groups in total. The fourth-order valence-corrected chi connectivity index (χ4v) is 4.61. The molecule has 2 fully saturated rings. The van der Waals surface area contributed by atoms with Gasteiger partial charge < -0.3 is 14.8 Å². The first kappa shape index (κ1) is 16.9. The van der Waals surface area contributed by atoms with Crippen LogP contribution >= 0.6 is 0 Å². The number of anilines is 1. The van der Waals surface area contributed by atoms with Crippen molar-refractivity contribution in [3.63, 3.8) is 0 Å². The molecule has 3 aliphatic heterocycles. The molecule has 5 nitrogen and oxygen atoms in total. The highest BCUT2D eigenvalue weighted by Crippen LogP contribution is 2.46. The molecule has 1 aromatic carbocycles. The summed E-state index contributed by atoms with van der Waals surface area (Å²) in [5.74, 6) is 0. The summed E-state index contributed by atoms with van der Waals surface area (Å²) in [5.41, 5.74) is 2.26. The number of nitrogens with one attached hydrogen (secondary N) is 1. The average Bonchev–Trinajstić information content (AvgIpc) is 2.90. The molecule has 2 amide bonds. The summed E-state index contributed by atoms with van der Waals surface area (Å²) in [7, 11) is 0. The van der Waals surface area contributed by atoms with Gasteiger partial charge in [0.25, 0.3) is 0 Å². The summed E-state index contributed by atoms with van der Waals surface area (Å²) in [6, 6.07) is 8.57. The van der Waals surface area contributed by atoms with Crippen molar-refractivity contribution in [2.45, 2.75) is 56.6 Å². The van der Waals surface area contributed by atoms with E-state index in [1.165, 1.54) is 5.56 Å². The van der Waals surface area contributed by atoms with Crippen molar-refractivity contribution in [3.05, 3.63) is 29.8 Å². The minimum Gasteiger partial charge on any atom is -0.381 e. The molecule has 0 radical (unpaired) electrons. The zero-order valence-corrected chi connectivity index (χ0v) is 15.2. The van der Waals surface area contributed by atoms with Crippen molar-refractivity contribution in [3.8, 4) is 0 Å². The van der Waals surface area contributed by atoms with Crippen molar-refractivity contribution in [2.24, 2.45) is 0 Å². The second-order valence-corrected chi connectivity index (χ2v) is 8.24. The molecule has 3 heterocycles. The van der Waals surface area contributed by atoms with E-state index in [2.05, 4.69) is 37.4 Å². The van der Waals surface area contributed by atoms with E-state index in [0.29, 0.717) is 6.61 Å². The maximum atomic E-state index is 13.1. The number of ether oxygens (including phenoxy) is 2. The van der Waals surface area contributed by atoms with Crippen LogP contribution in [0.2, 0.25) is 0 Å². The van der Waals surface area contributed by atoms with E-state index < -0.39 is 0 Å². The van der Waals surface area contributed by atoms with Crippen LogP contribution in [0.4, 0.5) is 10.5 Å². The number of carbonyl (C=O) groups is 1. The first-order valence-corrected chi connectivity index (χ1v) is 9.38. The zero-order valence-electron chi connectivity index (χ0n) is 15.2. The predicted octanol–water partition coefficient (Wildman–Crippen LogP) is 3.22. The molecule has 4 rings (SSSR count). The molecule has 136 valence electrons. The fraction of sp³-hybridized carbons (Fsp3) is 0.650. The monoisotopic (exact) mass is 344 g/mol. The smallest absolute Gasteiger partial charge is 0.322 e. The molecular formula is C20H28N2O3. The summed E-state index contributed by atoms with van der Waals surface area (Å²) in [5, 5.41) is 3.26. The quantitative estimate of drug-likeness (QED) is 0.851. The van der Waals surface area contributed by atoms with Crippen molar-refractivity contribution in [1.29, 1.82) is 0 Å². The molecule has 0 saturated carbocycles. The average molecular weight is 344 g/mol. The highest BCUT2D eigenvalue weighted by atomic mass is 16.5. The maximum absolute atomic E-state index is 13.1. The van der Waals surface area contributed by atoms with Crippen LogP contribution in [0, 0.1) is 0 Å². The molecule has 1 atom stereocenters. The number of hydrogen-bond acceptors (Lipinski definition) is 3. The van der Waals surface area contributed by atoms with Crippen molar-refractivity contribution >= 4 is 11.7 Å². The SMILES string of the molecule is CC1(C)CC(NC(=O)N2CC3(CCOCC3)c3ccccc32)CCO1. The number of amides is 2. The molecule has 0 aromatic heterocycles. The molecule has 1 unspecified atom stereocenters. The van der Waals surface area contributed by atoms with Gasteiger partial charge in [-0.05, 0) is 51.2 Å². The minimum atomic E-state index is -0.166. The normalized spacial score (nSPS) is 27.1. The van der Waals surface area contributed by atoms with Gasteiger partial charge in [-0.1, -0.05) is 18.2 Å². The van der Waals surface area contributed by atoms with Gasteiger partial charge in [0.15, 0.2) is 0 Å². The lowest BCUT2D eigenvalue weighted by Crippen LogP contribution is -2.51. The topological polar surface area (TPSA) is 50.8 Å². The van der Waals surface area contributed by atoms with E-state index in [9.17, 15) is 4.79 Å². The second-order valence-electron chi connectivity index (χ2n) is 8.24. The van der Waals surface area contributed by atoms with Gasteiger partial charge in [0.2, 0.25) is 0 Å². The van der Waals surface area contributed by atoms with Gasteiger partial charge in [0.05, 0.1) is 5.60 Å². The van der Waals surface area contributed by atoms with Gasteiger partial charge in [0, 0.05) is 43.5 Å². The number of urea groups is 1. The Bertz CT molecular complexity index is 652. The largest absolute Gasteiger partial charge is 0.381 e. The Labute approximate surface area is 149 Å². The molecule has 3 aliphatic rings. The number of fused-ring (bicyclic) bond motifs is 2. The van der Waals surface area contributed by atoms with Gasteiger partial charge in [-0.25, -0.2) is 4.79 Å². The molecular weight excluding hydrogens is 316 g/mol. The minimum absolute atomic E-state index is 0.0264. The molecule has 5 heteroatoms. The van der Waals surface area contributed by atoms with Gasteiger partial charge in [0.1, 0.15) is 0 Å². The Hall–Kier alpha value is -1.59. The third-order valence-electron chi connectivity index (χ3n) is 5.95. The van der Waals surface area contributed by atoms with E-state index in [-0.39, 0.29) is 23.1 Å². The zero-order chi connectivity index (χ0) is 17.5. The molecule has 1 spiro atoms. The Morgan fingerprint density at radius 1 is 1.20 bits per heavy atom. The van der Waals surface area contributed by atoms with E-state index in [4.69, 9.17) is 9.47 Å². The number of carbonyl (C=O) groups excluding carboxylic acids is 1. The second kappa shape index (κ2) is 6.29. The van der Waals surface area contributed by atoms with E-state index in [1.807, 2.05) is 11.0 Å². The van der Waals surface area contributed by atoms with Crippen LogP contribution in [-0.4, -0.2) is 44.0 Å². The number of hydrogen-bond donors (Lipinski definition) is 1. The van der Waals surface area contributed by atoms with E-state index in [0.717, 1.165) is 51.1 Å². The van der Waals surface area contributed by atoms with Crippen LogP contribution in [0.1, 0.15) is 45.1 Å². The predicted molar refractivity (Wildman–Crippen MR) is 97.1 cm³/mol. The van der Waals surface area contributed by atoms with Crippen LogP contribution in [0.25, 0.3) is 0 Å². The molecule has 1 aromatic rings. The highest BCUT2D eigenvalue weighted by Gasteiger charge is 2.45. The third-order valence-corrected chi connectivity index (χ3v) is 5.95. The number of nitrogens with zero attached hydrogens (tertiary/aromatic N) is 1. The molecule has 0 aliphatic carbocycles. The lowest BCUT2D eigenvalue weighted by molar-refractivity contribution is -0.0610. The lowest BCUT2D eigenvalue weighted by atomic mass is 9.76. The van der Waals surface area contributed by atoms with Gasteiger partial charge in [-0.15, -0.1) is 0 Å². The van der Waals surface area contributed by atoms with Crippen LogP contribution in [0.15, 0.2) is 24.3 Å². The Morgan fingerprint density at radius 3 is 2.72 bits per heavy atom. The Balaban J connectivity index is 1.53. The van der Waals surface area contributed by atoms with E-state index >= 15 is 0 Å². The summed E-state index contributed by atoms with van der Waals surface area (Å²) in [6.45, 7) is 7.20. The standard InChI is InChI=1S/C20H28N2O3/c1-19(2)13-15(7-10-25-19)21-18(23)22-14-20(8-11-24-12-9-20)16-5-3-4-6-17(16)22/h3-6,15H,7-14H2,1-2H3,(H,21,23). The first-order chi connectivity index (χ1) is 12.0. The number of benzene rings is 1. The fourth-order valence-electron chi connectivity index (χ4n) is 4.61. The Morgan fingerprint density at radius 2 is 1.96 bits per heavy atom. The van der Waals surface area contributed by atoms with Gasteiger partial charge in [-0.2, -0.15) is 0 Å². The highest BCUT2D eigenvalue weighted by molar-refractivity contribution is 5.95. The first-order valence-electron chi connectivity index (χ1n) is 9.38. The number of rotatable bonds is 1. The summed E-state index contributed by atoms with van der Waals surface area (Å²) in [4.78, 5) is 15.0. The molecule has 2 saturated heterocycles. The van der Waals surface area contributed by atoms with Crippen LogP contribution < -0.4 is 10.2 Å². The van der Waals surface area contributed by atoms with Crippen LogP contribution in [0.3, 0.4) is 0 Å². The van der Waals surface area contributed by atoms with Crippen molar-refractivity contribution < 1.29 is 14.3 Å². The van der Waals surface area contributed by atoms with Crippen LogP contribution in [-0.2, 0) is 14.9 Å². The summed E-state index contributed by atoms with van der Waals surface area (Å²) >= 11 is 0. The number of para-hydroxylation sites is 1. The summed E-state index contributed by atoms with van der Waals surface area (Å²) in [6.07, 6.45) is 3.70. The van der Waals surface area contributed by atoms with Crippen LogP contribution in [0.5, 0.6) is 0 Å². The maximum Gasteiger partial charge on any atom is 0.322 e. The van der Waals surface area contributed by atoms with Gasteiger partial charge >= 0.3 is 6.03 Å². The van der Waals surface area contributed by atoms with Crippen molar-refractivity contribution in [1.82, 2.24) is 5.32 Å². The molecule has 25 heavy (non-hydrogen) atoms. The molecule has 0 bridgehead atoms.